The van der Waals surface area contributed by atoms with Crippen molar-refractivity contribution in [1.29, 1.82) is 0 Å². The zero-order valence-corrected chi connectivity index (χ0v) is 19.0. The van der Waals surface area contributed by atoms with Crippen molar-refractivity contribution in [1.82, 2.24) is 24.9 Å². The van der Waals surface area contributed by atoms with Gasteiger partial charge in [0.2, 0.25) is 0 Å². The molecule has 7 heteroatoms. The monoisotopic (exact) mass is 459 g/mol. The van der Waals surface area contributed by atoms with Gasteiger partial charge in [-0.25, -0.2) is 9.78 Å². The van der Waals surface area contributed by atoms with Gasteiger partial charge < -0.3 is 4.74 Å². The molecule has 0 N–H and O–H groups in total. The van der Waals surface area contributed by atoms with Crippen molar-refractivity contribution in [2.45, 2.75) is 6.92 Å². The minimum Gasteiger partial charge on any atom is -0.462 e. The molecule has 35 heavy (non-hydrogen) atoms. The SMILES string of the molecule is CCOC(=O)c1cc(-c2ccc(-c3ccccn3)cn2)nc(-c2ccc(-c3ccccn3)cn2)c1. The molecule has 170 valence electrons. The lowest BCUT2D eigenvalue weighted by atomic mass is 10.1. The van der Waals surface area contributed by atoms with Crippen LogP contribution >= 0.6 is 0 Å². The smallest absolute Gasteiger partial charge is 0.338 e. The number of nitrogens with zero attached hydrogens (tertiary/aromatic N) is 5. The number of aromatic nitrogens is 5. The van der Waals surface area contributed by atoms with Crippen LogP contribution in [-0.2, 0) is 4.74 Å². The van der Waals surface area contributed by atoms with Crippen LogP contribution in [0.2, 0.25) is 0 Å². The van der Waals surface area contributed by atoms with E-state index in [1.807, 2.05) is 60.7 Å². The van der Waals surface area contributed by atoms with Crippen LogP contribution in [0.4, 0.5) is 0 Å². The van der Waals surface area contributed by atoms with Crippen LogP contribution in [0.25, 0.3) is 45.3 Å². The molecule has 5 aromatic rings. The number of esters is 1. The Hall–Kier alpha value is -4.78. The molecule has 0 unspecified atom stereocenters. The molecule has 7 nitrogen and oxygen atoms in total. The third kappa shape index (κ3) is 4.94. The van der Waals surface area contributed by atoms with E-state index in [0.717, 1.165) is 22.5 Å². The van der Waals surface area contributed by atoms with Crippen molar-refractivity contribution >= 4 is 5.97 Å². The van der Waals surface area contributed by atoms with Crippen LogP contribution in [0.1, 0.15) is 17.3 Å². The van der Waals surface area contributed by atoms with Gasteiger partial charge in [0.25, 0.3) is 0 Å². The zero-order chi connectivity index (χ0) is 24.0. The Morgan fingerprint density at radius 2 is 1.20 bits per heavy atom. The van der Waals surface area contributed by atoms with E-state index in [-0.39, 0.29) is 6.61 Å². The maximum Gasteiger partial charge on any atom is 0.338 e. The van der Waals surface area contributed by atoms with Gasteiger partial charge in [0.05, 0.1) is 46.3 Å². The topological polar surface area (TPSA) is 90.8 Å². The van der Waals surface area contributed by atoms with Crippen LogP contribution in [0.5, 0.6) is 0 Å². The maximum atomic E-state index is 12.6. The van der Waals surface area contributed by atoms with Crippen molar-refractivity contribution in [2.75, 3.05) is 6.61 Å². The highest BCUT2D eigenvalue weighted by molar-refractivity contribution is 5.92. The minimum atomic E-state index is -0.424. The van der Waals surface area contributed by atoms with Crippen molar-refractivity contribution in [3.63, 3.8) is 0 Å². The van der Waals surface area contributed by atoms with Crippen LogP contribution < -0.4 is 0 Å². The van der Waals surface area contributed by atoms with Crippen molar-refractivity contribution in [3.05, 3.63) is 103 Å². The number of ether oxygens (including phenoxy) is 1. The Morgan fingerprint density at radius 3 is 1.60 bits per heavy atom. The first kappa shape index (κ1) is 22.0. The quantitative estimate of drug-likeness (QED) is 0.309. The Bertz CT molecular complexity index is 1340. The summed E-state index contributed by atoms with van der Waals surface area (Å²) in [5, 5.41) is 0. The number of carbonyl (C=O) groups is 1. The molecule has 0 saturated carbocycles. The summed E-state index contributed by atoms with van der Waals surface area (Å²) < 4.78 is 5.24. The van der Waals surface area contributed by atoms with Gasteiger partial charge in [0.1, 0.15) is 0 Å². The number of rotatable bonds is 6. The van der Waals surface area contributed by atoms with Gasteiger partial charge >= 0.3 is 5.97 Å². The number of pyridine rings is 5. The Balaban J connectivity index is 1.52. The maximum absolute atomic E-state index is 12.6. The first-order chi connectivity index (χ1) is 17.2. The third-order valence-corrected chi connectivity index (χ3v) is 5.31. The summed E-state index contributed by atoms with van der Waals surface area (Å²) in [5.74, 6) is -0.424. The van der Waals surface area contributed by atoms with E-state index in [0.29, 0.717) is 28.3 Å². The van der Waals surface area contributed by atoms with E-state index >= 15 is 0 Å². The molecule has 0 aliphatic rings. The average molecular weight is 460 g/mol. The fraction of sp³-hybridized carbons (Fsp3) is 0.0714. The zero-order valence-electron chi connectivity index (χ0n) is 19.0. The van der Waals surface area contributed by atoms with Gasteiger partial charge in [-0.05, 0) is 67.6 Å². The summed E-state index contributed by atoms with van der Waals surface area (Å²) >= 11 is 0. The molecule has 5 aromatic heterocycles. The summed E-state index contributed by atoms with van der Waals surface area (Å²) in [4.78, 5) is 35.2. The Morgan fingerprint density at radius 1 is 0.657 bits per heavy atom. The lowest BCUT2D eigenvalue weighted by Gasteiger charge is -2.09. The number of hydrogen-bond acceptors (Lipinski definition) is 7. The van der Waals surface area contributed by atoms with Crippen molar-refractivity contribution in [3.8, 4) is 45.3 Å². The Labute approximate surface area is 202 Å². The summed E-state index contributed by atoms with van der Waals surface area (Å²) in [7, 11) is 0. The third-order valence-electron chi connectivity index (χ3n) is 5.31. The second-order valence-electron chi connectivity index (χ2n) is 7.64. The van der Waals surface area contributed by atoms with Gasteiger partial charge in [0, 0.05) is 35.9 Å². The standard InChI is InChI=1S/C28H21N5O2/c1-2-35-28(34)21-15-26(24-11-9-19(17-31-24)22-7-3-5-13-29-22)33-27(16-21)25-12-10-20(18-32-25)23-8-4-6-14-30-23/h3-18H,2H2,1H3. The largest absolute Gasteiger partial charge is 0.462 e. The highest BCUT2D eigenvalue weighted by Gasteiger charge is 2.15. The van der Waals surface area contributed by atoms with Crippen LogP contribution in [0.15, 0.2) is 97.6 Å². The molecule has 0 spiro atoms. The molecule has 5 rings (SSSR count). The molecule has 5 heterocycles. The van der Waals surface area contributed by atoms with E-state index in [4.69, 9.17) is 9.72 Å². The van der Waals surface area contributed by atoms with E-state index in [1.165, 1.54) is 0 Å². The van der Waals surface area contributed by atoms with Crippen LogP contribution in [0.3, 0.4) is 0 Å². The molecule has 0 saturated heterocycles. The fourth-order valence-electron chi connectivity index (χ4n) is 3.59. The molecular weight excluding hydrogens is 438 g/mol. The molecule has 0 aromatic carbocycles. The first-order valence-electron chi connectivity index (χ1n) is 11.2. The number of carbonyl (C=O) groups excluding carboxylic acids is 1. The second-order valence-corrected chi connectivity index (χ2v) is 7.64. The lowest BCUT2D eigenvalue weighted by molar-refractivity contribution is 0.0526. The lowest BCUT2D eigenvalue weighted by Crippen LogP contribution is -2.06. The molecular formula is C28H21N5O2. The minimum absolute atomic E-state index is 0.278. The molecule has 0 aliphatic carbocycles. The van der Waals surface area contributed by atoms with E-state index < -0.39 is 5.97 Å². The highest BCUT2D eigenvalue weighted by atomic mass is 16.5. The van der Waals surface area contributed by atoms with Crippen LogP contribution in [-0.4, -0.2) is 37.5 Å². The molecule has 0 amide bonds. The molecule has 0 fully saturated rings. The summed E-state index contributed by atoms with van der Waals surface area (Å²) in [6.07, 6.45) is 6.98. The molecule has 0 atom stereocenters. The average Bonchev–Trinajstić information content (AvgIpc) is 2.94. The predicted octanol–water partition coefficient (Wildman–Crippen LogP) is 5.51. The van der Waals surface area contributed by atoms with E-state index in [9.17, 15) is 4.79 Å². The molecule has 0 bridgehead atoms. The Kier molecular flexibility index (Phi) is 6.30. The van der Waals surface area contributed by atoms with Gasteiger partial charge in [-0.3, -0.25) is 19.9 Å². The van der Waals surface area contributed by atoms with Gasteiger partial charge in [-0.2, -0.15) is 0 Å². The number of hydrogen-bond donors (Lipinski definition) is 0. The first-order valence-corrected chi connectivity index (χ1v) is 11.2. The van der Waals surface area contributed by atoms with Gasteiger partial charge in [-0.15, -0.1) is 0 Å². The van der Waals surface area contributed by atoms with E-state index in [2.05, 4.69) is 19.9 Å². The summed E-state index contributed by atoms with van der Waals surface area (Å²) in [5.41, 5.74) is 6.19. The second kappa shape index (κ2) is 10.0. The fourth-order valence-corrected chi connectivity index (χ4v) is 3.59. The molecule has 0 radical (unpaired) electrons. The van der Waals surface area contributed by atoms with Crippen molar-refractivity contribution in [2.24, 2.45) is 0 Å². The normalized spacial score (nSPS) is 10.7. The van der Waals surface area contributed by atoms with Crippen LogP contribution in [0, 0.1) is 0 Å². The van der Waals surface area contributed by atoms with Gasteiger partial charge in [-0.1, -0.05) is 12.1 Å². The summed E-state index contributed by atoms with van der Waals surface area (Å²) in [6, 6.07) is 22.4. The summed E-state index contributed by atoms with van der Waals surface area (Å²) in [6.45, 7) is 2.05. The van der Waals surface area contributed by atoms with Gasteiger partial charge in [0.15, 0.2) is 0 Å². The molecule has 0 aliphatic heterocycles. The van der Waals surface area contributed by atoms with E-state index in [1.54, 1.807) is 43.8 Å². The highest BCUT2D eigenvalue weighted by Crippen LogP contribution is 2.26. The predicted molar refractivity (Wildman–Crippen MR) is 133 cm³/mol. The van der Waals surface area contributed by atoms with Crippen molar-refractivity contribution < 1.29 is 9.53 Å².